The highest BCUT2D eigenvalue weighted by Crippen LogP contribution is 2.42. The number of hydrogen-bond donors (Lipinski definition) is 1. The molecule has 1 aliphatic carbocycles. The summed E-state index contributed by atoms with van der Waals surface area (Å²) in [6, 6.07) is 5.29. The van der Waals surface area contributed by atoms with Crippen molar-refractivity contribution >= 4 is 15.7 Å². The molecule has 1 N–H and O–H groups in total. The van der Waals surface area contributed by atoms with Crippen LogP contribution >= 0.6 is 0 Å². The fourth-order valence-electron chi connectivity index (χ4n) is 4.13. The van der Waals surface area contributed by atoms with Gasteiger partial charge in [-0.25, -0.2) is 13.4 Å². The van der Waals surface area contributed by atoms with Crippen molar-refractivity contribution in [3.8, 4) is 0 Å². The Morgan fingerprint density at radius 1 is 1.20 bits per heavy atom. The van der Waals surface area contributed by atoms with Crippen LogP contribution in [0.25, 0.3) is 0 Å². The zero-order valence-electron chi connectivity index (χ0n) is 14.1. The molecule has 1 saturated carbocycles. The maximum absolute atomic E-state index is 11.6. The highest BCUT2D eigenvalue weighted by Gasteiger charge is 2.42. The Labute approximate surface area is 147 Å². The molecule has 3 heterocycles. The van der Waals surface area contributed by atoms with Crippen LogP contribution in [0.1, 0.15) is 18.9 Å². The van der Waals surface area contributed by atoms with Crippen LogP contribution in [0.2, 0.25) is 0 Å². The molecule has 8 heteroatoms. The van der Waals surface area contributed by atoms with Gasteiger partial charge in [-0.15, -0.1) is 0 Å². The summed E-state index contributed by atoms with van der Waals surface area (Å²) in [5.74, 6) is 1.71. The Hall–Kier alpha value is -1.93. The largest absolute Gasteiger partial charge is 0.391 e. The molecule has 2 fully saturated rings. The van der Waals surface area contributed by atoms with Crippen LogP contribution in [-0.2, 0) is 9.84 Å². The number of aliphatic hydroxyl groups excluding tert-OH is 1. The molecule has 1 saturated heterocycles. The maximum Gasteiger partial charge on any atom is 0.177 e. The summed E-state index contributed by atoms with van der Waals surface area (Å²) in [6.45, 7) is 1.72. The van der Waals surface area contributed by atoms with Crippen molar-refractivity contribution in [1.82, 2.24) is 14.8 Å². The summed E-state index contributed by atoms with van der Waals surface area (Å²) in [5, 5.41) is 14.8. The number of rotatable bonds is 3. The van der Waals surface area contributed by atoms with Crippen molar-refractivity contribution in [2.24, 2.45) is 11.8 Å². The predicted octanol–water partition coefficient (Wildman–Crippen LogP) is 1.13. The van der Waals surface area contributed by atoms with E-state index in [1.807, 2.05) is 16.9 Å². The maximum atomic E-state index is 11.6. The first-order chi connectivity index (χ1) is 11.9. The molecule has 2 aromatic rings. The average molecular weight is 362 g/mol. The Morgan fingerprint density at radius 3 is 2.56 bits per heavy atom. The minimum atomic E-state index is -3.23. The Balaban J connectivity index is 1.49. The highest BCUT2D eigenvalue weighted by atomic mass is 32.2. The molecule has 0 bridgehead atoms. The third-order valence-electron chi connectivity index (χ3n) is 5.45. The quantitative estimate of drug-likeness (QED) is 0.881. The van der Waals surface area contributed by atoms with Gasteiger partial charge in [0.1, 0.15) is 5.82 Å². The number of anilines is 1. The summed E-state index contributed by atoms with van der Waals surface area (Å²) in [5.41, 5.74) is 0. The Bertz CT molecular complexity index is 835. The molecule has 7 nitrogen and oxygen atoms in total. The van der Waals surface area contributed by atoms with Gasteiger partial charge >= 0.3 is 0 Å². The van der Waals surface area contributed by atoms with Crippen LogP contribution in [0.4, 0.5) is 5.82 Å². The third kappa shape index (κ3) is 3.16. The van der Waals surface area contributed by atoms with E-state index in [1.54, 1.807) is 18.3 Å². The van der Waals surface area contributed by atoms with E-state index in [2.05, 4.69) is 15.0 Å². The molecule has 25 heavy (non-hydrogen) atoms. The van der Waals surface area contributed by atoms with Gasteiger partial charge in [-0.2, -0.15) is 5.10 Å². The lowest BCUT2D eigenvalue weighted by Gasteiger charge is -2.35. The van der Waals surface area contributed by atoms with E-state index < -0.39 is 9.84 Å². The van der Waals surface area contributed by atoms with E-state index in [0.29, 0.717) is 11.8 Å². The summed E-state index contributed by atoms with van der Waals surface area (Å²) in [4.78, 5) is 6.77. The molecule has 4 rings (SSSR count). The minimum Gasteiger partial charge on any atom is -0.391 e. The standard InChI is InChI=1S/C17H22N4O3S/c1-25(23,24)14-3-4-17(18-9-14)20-10-12-7-15(21-6-2-5-19-21)16(22)8-13(12)11-20/h2-6,9,12-13,15-16,22H,7-8,10-11H2,1H3/t12-,13+,15-,16-/m1/s1. The molecule has 2 aromatic heterocycles. The van der Waals surface area contributed by atoms with E-state index in [-0.39, 0.29) is 17.0 Å². The minimum absolute atomic E-state index is 0.0248. The van der Waals surface area contributed by atoms with E-state index in [1.165, 1.54) is 12.5 Å². The Morgan fingerprint density at radius 2 is 1.96 bits per heavy atom. The van der Waals surface area contributed by atoms with Crippen molar-refractivity contribution in [3.63, 3.8) is 0 Å². The van der Waals surface area contributed by atoms with Gasteiger partial charge in [0.25, 0.3) is 0 Å². The zero-order valence-corrected chi connectivity index (χ0v) is 14.9. The summed E-state index contributed by atoms with van der Waals surface area (Å²) in [6.07, 6.45) is 7.53. The van der Waals surface area contributed by atoms with Gasteiger partial charge in [-0.05, 0) is 42.9 Å². The van der Waals surface area contributed by atoms with Gasteiger partial charge in [-0.3, -0.25) is 4.68 Å². The lowest BCUT2D eigenvalue weighted by molar-refractivity contribution is 0.0306. The van der Waals surface area contributed by atoms with Crippen molar-refractivity contribution in [3.05, 3.63) is 36.8 Å². The first-order valence-electron chi connectivity index (χ1n) is 8.50. The van der Waals surface area contributed by atoms with Gasteiger partial charge in [0.05, 0.1) is 17.0 Å². The van der Waals surface area contributed by atoms with Crippen LogP contribution in [0, 0.1) is 11.8 Å². The van der Waals surface area contributed by atoms with E-state index in [9.17, 15) is 13.5 Å². The number of pyridine rings is 1. The van der Waals surface area contributed by atoms with Crippen molar-refractivity contribution in [1.29, 1.82) is 0 Å². The predicted molar refractivity (Wildman–Crippen MR) is 93.0 cm³/mol. The monoisotopic (exact) mass is 362 g/mol. The zero-order chi connectivity index (χ0) is 17.6. The first-order valence-corrected chi connectivity index (χ1v) is 10.4. The molecular formula is C17H22N4O3S. The smallest absolute Gasteiger partial charge is 0.177 e. The van der Waals surface area contributed by atoms with Crippen molar-refractivity contribution in [2.45, 2.75) is 29.9 Å². The highest BCUT2D eigenvalue weighted by molar-refractivity contribution is 7.90. The van der Waals surface area contributed by atoms with Crippen LogP contribution in [0.5, 0.6) is 0 Å². The molecule has 4 atom stereocenters. The SMILES string of the molecule is CS(=O)(=O)c1ccc(N2C[C@H]3C[C@@H](n4cccn4)[C@H](O)C[C@H]3C2)nc1. The summed E-state index contributed by atoms with van der Waals surface area (Å²) >= 11 is 0. The second kappa shape index (κ2) is 6.10. The number of aromatic nitrogens is 3. The van der Waals surface area contributed by atoms with Crippen molar-refractivity contribution in [2.75, 3.05) is 24.2 Å². The molecule has 0 unspecified atom stereocenters. The molecular weight excluding hydrogens is 340 g/mol. The fraction of sp³-hybridized carbons (Fsp3) is 0.529. The molecule has 0 amide bonds. The topological polar surface area (TPSA) is 88.3 Å². The summed E-state index contributed by atoms with van der Waals surface area (Å²) < 4.78 is 25.0. The second-order valence-electron chi connectivity index (χ2n) is 7.14. The number of sulfone groups is 1. The average Bonchev–Trinajstić information content (AvgIpc) is 3.22. The van der Waals surface area contributed by atoms with Crippen LogP contribution in [-0.4, -0.2) is 53.7 Å². The van der Waals surface area contributed by atoms with Gasteiger partial charge in [0.2, 0.25) is 0 Å². The van der Waals surface area contributed by atoms with Gasteiger partial charge < -0.3 is 10.0 Å². The van der Waals surface area contributed by atoms with Crippen molar-refractivity contribution < 1.29 is 13.5 Å². The number of nitrogens with zero attached hydrogens (tertiary/aromatic N) is 4. The Kier molecular flexibility index (Phi) is 4.04. The number of hydrogen-bond acceptors (Lipinski definition) is 6. The second-order valence-corrected chi connectivity index (χ2v) is 9.16. The molecule has 1 aliphatic heterocycles. The van der Waals surface area contributed by atoms with E-state index in [0.717, 1.165) is 31.7 Å². The molecule has 0 aromatic carbocycles. The molecule has 0 radical (unpaired) electrons. The van der Waals surface area contributed by atoms with E-state index in [4.69, 9.17) is 0 Å². The fourth-order valence-corrected chi connectivity index (χ4v) is 4.69. The van der Waals surface area contributed by atoms with Gasteiger partial charge in [-0.1, -0.05) is 0 Å². The van der Waals surface area contributed by atoms with Crippen LogP contribution < -0.4 is 4.90 Å². The van der Waals surface area contributed by atoms with Crippen LogP contribution in [0.3, 0.4) is 0 Å². The lowest BCUT2D eigenvalue weighted by Crippen LogP contribution is -2.36. The first kappa shape index (κ1) is 16.5. The van der Waals surface area contributed by atoms with E-state index >= 15 is 0 Å². The normalized spacial score (nSPS) is 29.6. The van der Waals surface area contributed by atoms with Gasteiger partial charge in [0.15, 0.2) is 9.84 Å². The molecule has 0 spiro atoms. The van der Waals surface area contributed by atoms with Crippen LogP contribution in [0.15, 0.2) is 41.7 Å². The molecule has 2 aliphatic rings. The molecule has 134 valence electrons. The third-order valence-corrected chi connectivity index (χ3v) is 6.54. The lowest BCUT2D eigenvalue weighted by atomic mass is 9.77. The number of fused-ring (bicyclic) bond motifs is 1. The summed E-state index contributed by atoms with van der Waals surface area (Å²) in [7, 11) is -3.23. The number of aliphatic hydroxyl groups is 1. The van der Waals surface area contributed by atoms with Gasteiger partial charge in [0, 0.05) is 37.9 Å².